The first-order valence-corrected chi connectivity index (χ1v) is 7.45. The number of ether oxygens (including phenoxy) is 2. The number of carbonyl (C=O) groups excluding carboxylic acids is 1. The number of nitrogens with zero attached hydrogens (tertiary/aromatic N) is 1. The molecule has 0 radical (unpaired) electrons. The van der Waals surface area contributed by atoms with E-state index in [9.17, 15) is 4.79 Å². The van der Waals surface area contributed by atoms with Crippen LogP contribution in [0.4, 0.5) is 0 Å². The second-order valence-electron chi connectivity index (χ2n) is 5.97. The van der Waals surface area contributed by atoms with Gasteiger partial charge >= 0.3 is 5.97 Å². The molecule has 1 saturated heterocycles. The van der Waals surface area contributed by atoms with Gasteiger partial charge in [0.15, 0.2) is 0 Å². The Labute approximate surface area is 117 Å². The summed E-state index contributed by atoms with van der Waals surface area (Å²) in [5, 5.41) is 0. The van der Waals surface area contributed by atoms with Crippen molar-refractivity contribution in [2.24, 2.45) is 11.3 Å². The molecule has 0 aliphatic carbocycles. The summed E-state index contributed by atoms with van der Waals surface area (Å²) in [4.78, 5) is 14.4. The highest BCUT2D eigenvalue weighted by Crippen LogP contribution is 2.30. The molecule has 0 aromatic rings. The van der Waals surface area contributed by atoms with Gasteiger partial charge in [-0.2, -0.15) is 0 Å². The molecule has 4 heteroatoms. The molecule has 1 heterocycles. The van der Waals surface area contributed by atoms with Crippen LogP contribution in [0.2, 0.25) is 0 Å². The van der Waals surface area contributed by atoms with Gasteiger partial charge in [-0.25, -0.2) is 0 Å². The van der Waals surface area contributed by atoms with Crippen LogP contribution in [0, 0.1) is 11.3 Å². The Kier molecular flexibility index (Phi) is 6.80. The molecule has 0 amide bonds. The minimum absolute atomic E-state index is 0.0659. The second-order valence-corrected chi connectivity index (χ2v) is 5.97. The molecule has 4 nitrogen and oxygen atoms in total. The summed E-state index contributed by atoms with van der Waals surface area (Å²) in [5.41, 5.74) is -0.381. The molecule has 0 aromatic carbocycles. The highest BCUT2D eigenvalue weighted by atomic mass is 16.5. The minimum atomic E-state index is -0.381. The number of esters is 1. The van der Waals surface area contributed by atoms with Crippen molar-refractivity contribution in [3.05, 3.63) is 0 Å². The van der Waals surface area contributed by atoms with Gasteiger partial charge in [-0.3, -0.25) is 9.69 Å². The zero-order chi connectivity index (χ0) is 14.3. The Morgan fingerprint density at radius 3 is 2.58 bits per heavy atom. The van der Waals surface area contributed by atoms with Crippen LogP contribution in [0.15, 0.2) is 0 Å². The quantitative estimate of drug-likeness (QED) is 0.526. The number of rotatable bonds is 7. The highest BCUT2D eigenvalue weighted by molar-refractivity contribution is 5.76. The van der Waals surface area contributed by atoms with Crippen molar-refractivity contribution in [1.82, 2.24) is 4.90 Å². The van der Waals surface area contributed by atoms with Crippen molar-refractivity contribution in [2.45, 2.75) is 40.5 Å². The Morgan fingerprint density at radius 1 is 1.37 bits per heavy atom. The van der Waals surface area contributed by atoms with E-state index in [0.29, 0.717) is 12.5 Å². The van der Waals surface area contributed by atoms with Crippen LogP contribution in [0.5, 0.6) is 0 Å². The molecule has 1 rings (SSSR count). The van der Waals surface area contributed by atoms with Crippen molar-refractivity contribution in [1.29, 1.82) is 0 Å². The molecule has 19 heavy (non-hydrogen) atoms. The molecule has 1 aliphatic heterocycles. The number of hydrogen-bond donors (Lipinski definition) is 0. The van der Waals surface area contributed by atoms with E-state index < -0.39 is 0 Å². The third-order valence-electron chi connectivity index (χ3n) is 4.33. The number of morpholine rings is 1. The van der Waals surface area contributed by atoms with Gasteiger partial charge in [-0.1, -0.05) is 20.3 Å². The van der Waals surface area contributed by atoms with Gasteiger partial charge in [0, 0.05) is 19.6 Å². The first-order valence-electron chi connectivity index (χ1n) is 7.45. The lowest BCUT2D eigenvalue weighted by molar-refractivity contribution is -0.157. The zero-order valence-corrected chi connectivity index (χ0v) is 12.9. The molecule has 112 valence electrons. The van der Waals surface area contributed by atoms with Crippen LogP contribution in [0.1, 0.15) is 40.5 Å². The fourth-order valence-electron chi connectivity index (χ4n) is 2.18. The predicted octanol–water partition coefficient (Wildman–Crippen LogP) is 2.32. The van der Waals surface area contributed by atoms with Gasteiger partial charge in [0.1, 0.15) is 0 Å². The summed E-state index contributed by atoms with van der Waals surface area (Å²) in [6.07, 6.45) is 1.90. The molecule has 1 fully saturated rings. The summed E-state index contributed by atoms with van der Waals surface area (Å²) < 4.78 is 10.7. The Bertz CT molecular complexity index is 273. The summed E-state index contributed by atoms with van der Waals surface area (Å²) in [5.74, 6) is 0.281. The van der Waals surface area contributed by atoms with Crippen LogP contribution in [0.3, 0.4) is 0 Å². The van der Waals surface area contributed by atoms with E-state index in [-0.39, 0.29) is 11.4 Å². The monoisotopic (exact) mass is 271 g/mol. The normalized spacial score (nSPS) is 19.2. The van der Waals surface area contributed by atoms with Crippen LogP contribution in [-0.2, 0) is 14.3 Å². The predicted molar refractivity (Wildman–Crippen MR) is 76.1 cm³/mol. The maximum atomic E-state index is 12.1. The molecule has 0 aromatic heterocycles. The van der Waals surface area contributed by atoms with Crippen LogP contribution in [0.25, 0.3) is 0 Å². The van der Waals surface area contributed by atoms with Crippen LogP contribution >= 0.6 is 0 Å². The van der Waals surface area contributed by atoms with E-state index in [4.69, 9.17) is 9.47 Å². The molecule has 1 atom stereocenters. The molecular weight excluding hydrogens is 242 g/mol. The first kappa shape index (κ1) is 16.4. The first-order chi connectivity index (χ1) is 8.98. The standard InChI is InChI=1S/C15H29NO3/c1-5-13(2)15(3,4)14(17)19-10-6-7-16-8-11-18-12-9-16/h13H,5-12H2,1-4H3. The minimum Gasteiger partial charge on any atom is -0.465 e. The molecular formula is C15H29NO3. The average Bonchev–Trinajstić information content (AvgIpc) is 2.43. The summed E-state index contributed by atoms with van der Waals surface area (Å²) in [6.45, 7) is 13.3. The summed E-state index contributed by atoms with van der Waals surface area (Å²) in [6, 6.07) is 0. The lowest BCUT2D eigenvalue weighted by Crippen LogP contribution is -2.37. The van der Waals surface area contributed by atoms with Gasteiger partial charge < -0.3 is 9.47 Å². The molecule has 1 aliphatic rings. The third-order valence-corrected chi connectivity index (χ3v) is 4.33. The van der Waals surface area contributed by atoms with E-state index in [2.05, 4.69) is 18.7 Å². The fraction of sp³-hybridized carbons (Fsp3) is 0.933. The van der Waals surface area contributed by atoms with E-state index in [1.165, 1.54) is 0 Å². The number of carbonyl (C=O) groups is 1. The number of hydrogen-bond acceptors (Lipinski definition) is 4. The fourth-order valence-corrected chi connectivity index (χ4v) is 2.18. The summed E-state index contributed by atoms with van der Waals surface area (Å²) >= 11 is 0. The third kappa shape index (κ3) is 5.11. The zero-order valence-electron chi connectivity index (χ0n) is 12.9. The van der Waals surface area contributed by atoms with Gasteiger partial charge in [0.05, 0.1) is 25.2 Å². The SMILES string of the molecule is CCC(C)C(C)(C)C(=O)OCCCN1CCOCC1. The average molecular weight is 271 g/mol. The van der Waals surface area contributed by atoms with E-state index in [1.54, 1.807) is 0 Å². The summed E-state index contributed by atoms with van der Waals surface area (Å²) in [7, 11) is 0. The largest absolute Gasteiger partial charge is 0.465 e. The lowest BCUT2D eigenvalue weighted by Gasteiger charge is -2.29. The van der Waals surface area contributed by atoms with E-state index in [1.807, 2.05) is 13.8 Å². The molecule has 0 saturated carbocycles. The van der Waals surface area contributed by atoms with Crippen molar-refractivity contribution in [3.8, 4) is 0 Å². The van der Waals surface area contributed by atoms with Crippen LogP contribution in [-0.4, -0.2) is 50.3 Å². The van der Waals surface area contributed by atoms with Gasteiger partial charge in [0.25, 0.3) is 0 Å². The van der Waals surface area contributed by atoms with Crippen molar-refractivity contribution in [2.75, 3.05) is 39.5 Å². The van der Waals surface area contributed by atoms with Crippen molar-refractivity contribution in [3.63, 3.8) is 0 Å². The van der Waals surface area contributed by atoms with Gasteiger partial charge in [0.2, 0.25) is 0 Å². The Balaban J connectivity index is 2.19. The van der Waals surface area contributed by atoms with Crippen LogP contribution < -0.4 is 0 Å². The Morgan fingerprint density at radius 2 is 2.00 bits per heavy atom. The van der Waals surface area contributed by atoms with Crippen molar-refractivity contribution < 1.29 is 14.3 Å². The maximum absolute atomic E-state index is 12.1. The molecule has 0 N–H and O–H groups in total. The van der Waals surface area contributed by atoms with Crippen molar-refractivity contribution >= 4 is 5.97 Å². The Hall–Kier alpha value is -0.610. The highest BCUT2D eigenvalue weighted by Gasteiger charge is 2.34. The second kappa shape index (κ2) is 7.85. The van der Waals surface area contributed by atoms with E-state index in [0.717, 1.165) is 45.7 Å². The van der Waals surface area contributed by atoms with Gasteiger partial charge in [-0.15, -0.1) is 0 Å². The maximum Gasteiger partial charge on any atom is 0.311 e. The van der Waals surface area contributed by atoms with Gasteiger partial charge in [-0.05, 0) is 26.2 Å². The smallest absolute Gasteiger partial charge is 0.311 e. The lowest BCUT2D eigenvalue weighted by atomic mass is 9.78. The topological polar surface area (TPSA) is 38.8 Å². The molecule has 1 unspecified atom stereocenters. The molecule has 0 spiro atoms. The molecule has 0 bridgehead atoms. The van der Waals surface area contributed by atoms with E-state index >= 15 is 0 Å².